The van der Waals surface area contributed by atoms with E-state index in [0.717, 1.165) is 19.4 Å². The second-order valence-electron chi connectivity index (χ2n) is 5.43. The Hall–Kier alpha value is -0.960. The lowest BCUT2D eigenvalue weighted by molar-refractivity contribution is 0.268. The quantitative estimate of drug-likeness (QED) is 0.548. The first kappa shape index (κ1) is 18.1. The normalized spacial score (nSPS) is 12.5. The number of nitrogens with zero attached hydrogens (tertiary/aromatic N) is 2. The van der Waals surface area contributed by atoms with Gasteiger partial charge in [0.15, 0.2) is 5.03 Å². The Kier molecular flexibility index (Phi) is 7.30. The van der Waals surface area contributed by atoms with Gasteiger partial charge in [-0.2, -0.15) is 5.10 Å². The average molecular weight is 317 g/mol. The van der Waals surface area contributed by atoms with Crippen LogP contribution in [0.2, 0.25) is 0 Å². The topological polar surface area (TPSA) is 90.1 Å². The molecule has 1 aromatic rings. The van der Waals surface area contributed by atoms with Gasteiger partial charge in [0.05, 0.1) is 6.20 Å². The molecule has 122 valence electrons. The fourth-order valence-electron chi connectivity index (χ4n) is 1.87. The van der Waals surface area contributed by atoms with Crippen LogP contribution in [0.15, 0.2) is 11.2 Å². The van der Waals surface area contributed by atoms with E-state index in [2.05, 4.69) is 46.0 Å². The summed E-state index contributed by atoms with van der Waals surface area (Å²) >= 11 is 0. The Morgan fingerprint density at radius 1 is 1.38 bits per heavy atom. The van der Waals surface area contributed by atoms with Crippen molar-refractivity contribution in [2.24, 2.45) is 0 Å². The van der Waals surface area contributed by atoms with Crippen LogP contribution in [0.4, 0.5) is 0 Å². The largest absolute Gasteiger partial charge is 0.316 e. The number of aromatic nitrogens is 2. The molecule has 0 aromatic carbocycles. The van der Waals surface area contributed by atoms with Crippen molar-refractivity contribution in [1.82, 2.24) is 25.1 Å². The molecule has 21 heavy (non-hydrogen) atoms. The van der Waals surface area contributed by atoms with Crippen molar-refractivity contribution >= 4 is 10.0 Å². The van der Waals surface area contributed by atoms with Crippen LogP contribution in [-0.4, -0.2) is 56.7 Å². The number of hydrogen-bond donors (Lipinski definition) is 3. The molecule has 0 fully saturated rings. The molecule has 0 radical (unpaired) electrons. The molecule has 3 N–H and O–H groups in total. The van der Waals surface area contributed by atoms with Gasteiger partial charge in [-0.15, -0.1) is 0 Å². The van der Waals surface area contributed by atoms with Gasteiger partial charge in [-0.1, -0.05) is 0 Å². The highest BCUT2D eigenvalue weighted by Crippen LogP contribution is 2.11. The van der Waals surface area contributed by atoms with Gasteiger partial charge in [-0.3, -0.25) is 5.10 Å². The first-order valence-corrected chi connectivity index (χ1v) is 8.73. The van der Waals surface area contributed by atoms with Crippen LogP contribution in [-0.2, 0) is 16.6 Å². The summed E-state index contributed by atoms with van der Waals surface area (Å²) in [5, 5.41) is 9.43. The van der Waals surface area contributed by atoms with E-state index in [0.29, 0.717) is 24.7 Å². The van der Waals surface area contributed by atoms with Crippen LogP contribution >= 0.6 is 0 Å². The number of aromatic amines is 1. The summed E-state index contributed by atoms with van der Waals surface area (Å²) in [7, 11) is 0.330. The minimum atomic E-state index is -3.51. The van der Waals surface area contributed by atoms with Crippen molar-refractivity contribution in [2.75, 3.05) is 27.2 Å². The predicted molar refractivity (Wildman–Crippen MR) is 83.5 cm³/mol. The number of unbranched alkanes of at least 4 members (excludes halogenated alkanes) is 1. The summed E-state index contributed by atoms with van der Waals surface area (Å²) in [6.07, 6.45) is 3.30. The Morgan fingerprint density at radius 2 is 2.10 bits per heavy atom. The zero-order chi connectivity index (χ0) is 15.9. The molecule has 0 aliphatic heterocycles. The van der Waals surface area contributed by atoms with Crippen molar-refractivity contribution in [1.29, 1.82) is 0 Å². The second-order valence-corrected chi connectivity index (χ2v) is 7.14. The Labute approximate surface area is 127 Å². The third kappa shape index (κ3) is 5.74. The smallest absolute Gasteiger partial charge is 0.257 e. The van der Waals surface area contributed by atoms with Gasteiger partial charge in [0.2, 0.25) is 0 Å². The van der Waals surface area contributed by atoms with E-state index in [1.165, 1.54) is 6.20 Å². The van der Waals surface area contributed by atoms with Crippen molar-refractivity contribution in [3.63, 3.8) is 0 Å². The lowest BCUT2D eigenvalue weighted by atomic mass is 10.2. The monoisotopic (exact) mass is 317 g/mol. The van der Waals surface area contributed by atoms with Crippen molar-refractivity contribution in [2.45, 2.75) is 44.3 Å². The van der Waals surface area contributed by atoms with Gasteiger partial charge in [-0.05, 0) is 47.3 Å². The van der Waals surface area contributed by atoms with Crippen LogP contribution in [0, 0.1) is 0 Å². The lowest BCUT2D eigenvalue weighted by Crippen LogP contribution is -2.29. The zero-order valence-electron chi connectivity index (χ0n) is 13.3. The number of rotatable bonds is 10. The molecule has 0 unspecified atom stereocenters. The molecule has 8 heteroatoms. The summed E-state index contributed by atoms with van der Waals surface area (Å²) < 4.78 is 27.0. The highest BCUT2D eigenvalue weighted by Gasteiger charge is 2.19. The summed E-state index contributed by atoms with van der Waals surface area (Å²) in [4.78, 5) is 2.24. The minimum absolute atomic E-state index is 0.149. The maximum atomic E-state index is 12.2. The summed E-state index contributed by atoms with van der Waals surface area (Å²) in [6.45, 7) is 6.15. The molecule has 0 saturated carbocycles. The van der Waals surface area contributed by atoms with Gasteiger partial charge in [0, 0.05) is 24.7 Å². The highest BCUT2D eigenvalue weighted by molar-refractivity contribution is 7.89. The summed E-state index contributed by atoms with van der Waals surface area (Å²) in [6, 6.07) is 0.510. The molecule has 1 heterocycles. The number of nitrogens with one attached hydrogen (secondary N) is 3. The first-order chi connectivity index (χ1) is 9.88. The second kappa shape index (κ2) is 8.47. The lowest BCUT2D eigenvalue weighted by Gasteiger charge is -2.20. The Bertz CT molecular complexity index is 512. The van der Waals surface area contributed by atoms with Crippen LogP contribution in [0.25, 0.3) is 0 Å². The van der Waals surface area contributed by atoms with Crippen LogP contribution in [0.1, 0.15) is 32.3 Å². The molecule has 0 spiro atoms. The molecule has 0 amide bonds. The number of sulfonamides is 1. The number of hydrogen-bond acceptors (Lipinski definition) is 5. The van der Waals surface area contributed by atoms with Crippen LogP contribution < -0.4 is 10.0 Å². The maximum absolute atomic E-state index is 12.2. The summed E-state index contributed by atoms with van der Waals surface area (Å²) in [5.74, 6) is 0. The van der Waals surface area contributed by atoms with Gasteiger partial charge < -0.3 is 10.2 Å². The fourth-order valence-corrected chi connectivity index (χ4v) is 3.07. The maximum Gasteiger partial charge on any atom is 0.257 e. The first-order valence-electron chi connectivity index (χ1n) is 7.25. The van der Waals surface area contributed by atoms with E-state index in [1.54, 1.807) is 7.05 Å². The zero-order valence-corrected chi connectivity index (χ0v) is 14.1. The SMILES string of the molecule is CNCc1cn[nH]c1S(=O)(=O)NCCCCN(C)C(C)C. The highest BCUT2D eigenvalue weighted by atomic mass is 32.2. The van der Waals surface area contributed by atoms with E-state index in [1.807, 2.05) is 0 Å². The molecule has 1 rings (SSSR count). The van der Waals surface area contributed by atoms with Crippen molar-refractivity contribution in [3.05, 3.63) is 11.8 Å². The Balaban J connectivity index is 2.41. The third-order valence-electron chi connectivity index (χ3n) is 3.43. The van der Waals surface area contributed by atoms with Crippen LogP contribution in [0.5, 0.6) is 0 Å². The van der Waals surface area contributed by atoms with E-state index in [4.69, 9.17) is 0 Å². The van der Waals surface area contributed by atoms with E-state index >= 15 is 0 Å². The number of H-pyrrole nitrogens is 1. The molecular weight excluding hydrogens is 290 g/mol. The van der Waals surface area contributed by atoms with Crippen molar-refractivity contribution in [3.8, 4) is 0 Å². The van der Waals surface area contributed by atoms with Crippen LogP contribution in [0.3, 0.4) is 0 Å². The molecular formula is C13H27N5O2S. The van der Waals surface area contributed by atoms with Gasteiger partial charge in [0.25, 0.3) is 10.0 Å². The van der Waals surface area contributed by atoms with Crippen molar-refractivity contribution < 1.29 is 8.42 Å². The molecule has 0 atom stereocenters. The fraction of sp³-hybridized carbons (Fsp3) is 0.769. The van der Waals surface area contributed by atoms with Gasteiger partial charge in [-0.25, -0.2) is 13.1 Å². The average Bonchev–Trinajstić information content (AvgIpc) is 2.87. The van der Waals surface area contributed by atoms with E-state index in [-0.39, 0.29) is 5.03 Å². The summed E-state index contributed by atoms with van der Waals surface area (Å²) in [5.41, 5.74) is 0.643. The molecule has 1 aromatic heterocycles. The standard InChI is InChI=1S/C13H27N5O2S/c1-11(2)18(4)8-6-5-7-16-21(19,20)13-12(9-14-3)10-15-17-13/h10-11,14,16H,5-9H2,1-4H3,(H,15,17). The minimum Gasteiger partial charge on any atom is -0.316 e. The molecule has 0 bridgehead atoms. The van der Waals surface area contributed by atoms with Gasteiger partial charge in [0.1, 0.15) is 0 Å². The molecule has 0 aliphatic carbocycles. The van der Waals surface area contributed by atoms with E-state index < -0.39 is 10.0 Å². The molecule has 0 aliphatic rings. The van der Waals surface area contributed by atoms with E-state index in [9.17, 15) is 8.42 Å². The predicted octanol–water partition coefficient (Wildman–Crippen LogP) is 0.528. The molecule has 0 saturated heterocycles. The molecule has 7 nitrogen and oxygen atoms in total. The van der Waals surface area contributed by atoms with Gasteiger partial charge >= 0.3 is 0 Å². The third-order valence-corrected chi connectivity index (χ3v) is 4.90. The Morgan fingerprint density at radius 3 is 2.71 bits per heavy atom.